The van der Waals surface area contributed by atoms with Gasteiger partial charge in [-0.2, -0.15) is 0 Å². The average Bonchev–Trinajstić information content (AvgIpc) is 3.42. The molecule has 1 aromatic carbocycles. The molecule has 0 bridgehead atoms. The van der Waals surface area contributed by atoms with E-state index in [2.05, 4.69) is 11.6 Å². The number of aliphatic imine (C=N–C) groups is 1. The number of likely N-dealkylation sites (tertiary alicyclic amines) is 1. The van der Waals surface area contributed by atoms with E-state index in [1.165, 1.54) is 23.9 Å². The number of rotatable bonds is 6. The number of allylic oxidation sites excluding steroid dienone is 1. The average molecular weight is 442 g/mol. The number of benzene rings is 1. The Morgan fingerprint density at radius 3 is 2.77 bits per heavy atom. The predicted molar refractivity (Wildman–Crippen MR) is 118 cm³/mol. The SMILES string of the molecule is C=CCOC(=O)C1=C(C)N=C2SC=C(CC(=O)N3CCCC3)N2C1c1ccccc1F. The van der Waals surface area contributed by atoms with Crippen molar-refractivity contribution in [1.82, 2.24) is 9.80 Å². The van der Waals surface area contributed by atoms with Crippen molar-refractivity contribution in [2.45, 2.75) is 32.2 Å². The number of amidine groups is 1. The molecule has 0 spiro atoms. The van der Waals surface area contributed by atoms with Crippen LogP contribution in [-0.2, 0) is 14.3 Å². The third-order valence-corrected chi connectivity index (χ3v) is 6.43. The molecule has 8 heteroatoms. The summed E-state index contributed by atoms with van der Waals surface area (Å²) in [7, 11) is 0. The van der Waals surface area contributed by atoms with E-state index in [0.29, 0.717) is 22.1 Å². The molecule has 1 aromatic rings. The molecule has 1 fully saturated rings. The van der Waals surface area contributed by atoms with Gasteiger partial charge in [-0.1, -0.05) is 42.6 Å². The fourth-order valence-electron chi connectivity index (χ4n) is 4.07. The van der Waals surface area contributed by atoms with Gasteiger partial charge in [0.05, 0.1) is 23.7 Å². The summed E-state index contributed by atoms with van der Waals surface area (Å²) in [6.07, 6.45) is 3.67. The van der Waals surface area contributed by atoms with Crippen LogP contribution in [-0.4, -0.2) is 46.5 Å². The van der Waals surface area contributed by atoms with Gasteiger partial charge in [-0.25, -0.2) is 14.2 Å². The smallest absolute Gasteiger partial charge is 0.338 e. The first kappa shape index (κ1) is 21.4. The van der Waals surface area contributed by atoms with E-state index in [1.807, 2.05) is 10.3 Å². The van der Waals surface area contributed by atoms with E-state index < -0.39 is 17.8 Å². The minimum absolute atomic E-state index is 0.0277. The quantitative estimate of drug-likeness (QED) is 0.490. The van der Waals surface area contributed by atoms with Crippen LogP contribution >= 0.6 is 11.8 Å². The van der Waals surface area contributed by atoms with Gasteiger partial charge in [0.2, 0.25) is 5.91 Å². The first-order chi connectivity index (χ1) is 15.0. The van der Waals surface area contributed by atoms with Gasteiger partial charge in [-0.15, -0.1) is 0 Å². The molecule has 162 valence electrons. The van der Waals surface area contributed by atoms with E-state index >= 15 is 0 Å². The highest BCUT2D eigenvalue weighted by atomic mass is 32.2. The number of ether oxygens (including phenoxy) is 1. The third kappa shape index (κ3) is 4.17. The number of thioether (sulfide) groups is 1. The highest BCUT2D eigenvalue weighted by Gasteiger charge is 2.42. The largest absolute Gasteiger partial charge is 0.458 e. The number of hydrogen-bond acceptors (Lipinski definition) is 6. The number of nitrogens with zero attached hydrogens (tertiary/aromatic N) is 3. The Morgan fingerprint density at radius 1 is 1.32 bits per heavy atom. The lowest BCUT2D eigenvalue weighted by molar-refractivity contribution is -0.138. The molecule has 0 saturated carbocycles. The maximum absolute atomic E-state index is 14.9. The van der Waals surface area contributed by atoms with Gasteiger partial charge in [-0.3, -0.25) is 4.79 Å². The van der Waals surface area contributed by atoms with Gasteiger partial charge in [0.15, 0.2) is 5.17 Å². The summed E-state index contributed by atoms with van der Waals surface area (Å²) >= 11 is 1.38. The van der Waals surface area contributed by atoms with Crippen LogP contribution in [0.5, 0.6) is 0 Å². The Hall–Kier alpha value is -2.87. The molecule has 0 aliphatic carbocycles. The van der Waals surface area contributed by atoms with Crippen molar-refractivity contribution < 1.29 is 18.7 Å². The van der Waals surface area contributed by atoms with Crippen LogP contribution in [0.15, 0.2) is 64.3 Å². The molecule has 0 N–H and O–H groups in total. The number of carbonyl (C=O) groups is 2. The number of amides is 1. The van der Waals surface area contributed by atoms with Crippen LogP contribution < -0.4 is 0 Å². The van der Waals surface area contributed by atoms with Gasteiger partial charge >= 0.3 is 5.97 Å². The Bertz CT molecular complexity index is 1010. The highest BCUT2D eigenvalue weighted by Crippen LogP contribution is 2.45. The standard InChI is InChI=1S/C23H24FN3O3S/c1-3-12-30-22(29)20-15(2)25-23-27(21(20)17-8-4-5-9-18(17)24)16(14-31-23)13-19(28)26-10-6-7-11-26/h3-5,8-9,14,21H,1,6-7,10-13H2,2H3. The lowest BCUT2D eigenvalue weighted by Crippen LogP contribution is -2.38. The molecule has 31 heavy (non-hydrogen) atoms. The molecule has 3 aliphatic heterocycles. The van der Waals surface area contributed by atoms with Crippen molar-refractivity contribution >= 4 is 28.8 Å². The zero-order valence-corrected chi connectivity index (χ0v) is 18.2. The number of fused-ring (bicyclic) bond motifs is 1. The summed E-state index contributed by atoms with van der Waals surface area (Å²) in [4.78, 5) is 34.0. The van der Waals surface area contributed by atoms with Crippen LogP contribution in [0.25, 0.3) is 0 Å². The normalized spacial score (nSPS) is 20.4. The van der Waals surface area contributed by atoms with Crippen molar-refractivity contribution in [1.29, 1.82) is 0 Å². The first-order valence-corrected chi connectivity index (χ1v) is 11.1. The Morgan fingerprint density at radius 2 is 2.06 bits per heavy atom. The summed E-state index contributed by atoms with van der Waals surface area (Å²) in [5, 5.41) is 2.49. The maximum atomic E-state index is 14.9. The van der Waals surface area contributed by atoms with Crippen molar-refractivity contribution in [2.75, 3.05) is 19.7 Å². The third-order valence-electron chi connectivity index (χ3n) is 5.54. The molecule has 1 unspecified atom stereocenters. The monoisotopic (exact) mass is 441 g/mol. The zero-order chi connectivity index (χ0) is 22.0. The fourth-order valence-corrected chi connectivity index (χ4v) is 5.03. The lowest BCUT2D eigenvalue weighted by atomic mass is 9.93. The maximum Gasteiger partial charge on any atom is 0.338 e. The highest BCUT2D eigenvalue weighted by molar-refractivity contribution is 8.16. The molecule has 1 saturated heterocycles. The summed E-state index contributed by atoms with van der Waals surface area (Å²) in [6.45, 7) is 6.86. The van der Waals surface area contributed by atoms with E-state index in [0.717, 1.165) is 25.9 Å². The van der Waals surface area contributed by atoms with Crippen LogP contribution in [0, 0.1) is 5.82 Å². The molecule has 0 aromatic heterocycles. The van der Waals surface area contributed by atoms with Crippen LogP contribution in [0.2, 0.25) is 0 Å². The van der Waals surface area contributed by atoms with Gasteiger partial charge in [0.25, 0.3) is 0 Å². The van der Waals surface area contributed by atoms with E-state index in [9.17, 15) is 14.0 Å². The van der Waals surface area contributed by atoms with Crippen LogP contribution in [0.1, 0.15) is 37.8 Å². The molecule has 6 nitrogen and oxygen atoms in total. The minimum Gasteiger partial charge on any atom is -0.458 e. The predicted octanol–water partition coefficient (Wildman–Crippen LogP) is 4.14. The van der Waals surface area contributed by atoms with Gasteiger partial charge in [-0.05, 0) is 31.2 Å². The molecule has 3 aliphatic rings. The zero-order valence-electron chi connectivity index (χ0n) is 17.3. The Labute approximate surface area is 185 Å². The van der Waals surface area contributed by atoms with Crippen molar-refractivity contribution in [3.8, 4) is 0 Å². The minimum atomic E-state index is -0.765. The summed E-state index contributed by atoms with van der Waals surface area (Å²) < 4.78 is 20.2. The number of hydrogen-bond donors (Lipinski definition) is 0. The lowest BCUT2D eigenvalue weighted by Gasteiger charge is -2.36. The molecule has 1 amide bonds. The second-order valence-electron chi connectivity index (χ2n) is 7.57. The second-order valence-corrected chi connectivity index (χ2v) is 8.40. The summed E-state index contributed by atoms with van der Waals surface area (Å²) in [5.74, 6) is -0.979. The van der Waals surface area contributed by atoms with E-state index in [1.54, 1.807) is 30.0 Å². The van der Waals surface area contributed by atoms with E-state index in [4.69, 9.17) is 4.74 Å². The molecule has 1 atom stereocenters. The fraction of sp³-hybridized carbons (Fsp3) is 0.348. The van der Waals surface area contributed by atoms with Gasteiger partial charge in [0, 0.05) is 24.4 Å². The van der Waals surface area contributed by atoms with Crippen molar-refractivity contribution in [2.24, 2.45) is 4.99 Å². The second kappa shape index (κ2) is 9.09. The first-order valence-electron chi connectivity index (χ1n) is 10.3. The number of carbonyl (C=O) groups excluding carboxylic acids is 2. The summed E-state index contributed by atoms with van der Waals surface area (Å²) in [6, 6.07) is 5.59. The van der Waals surface area contributed by atoms with Crippen molar-refractivity contribution in [3.63, 3.8) is 0 Å². The molecular weight excluding hydrogens is 417 g/mol. The van der Waals surface area contributed by atoms with Gasteiger partial charge in [0.1, 0.15) is 12.4 Å². The van der Waals surface area contributed by atoms with E-state index in [-0.39, 0.29) is 24.5 Å². The Balaban J connectivity index is 1.72. The summed E-state index contributed by atoms with van der Waals surface area (Å²) in [5.41, 5.74) is 1.77. The molecular formula is C23H24FN3O3S. The van der Waals surface area contributed by atoms with Crippen LogP contribution in [0.4, 0.5) is 4.39 Å². The molecule has 3 heterocycles. The topological polar surface area (TPSA) is 62.2 Å². The van der Waals surface area contributed by atoms with Crippen LogP contribution in [0.3, 0.4) is 0 Å². The molecule has 4 rings (SSSR count). The number of halogens is 1. The number of esters is 1. The van der Waals surface area contributed by atoms with Crippen molar-refractivity contribution in [3.05, 3.63) is 70.7 Å². The van der Waals surface area contributed by atoms with Gasteiger partial charge < -0.3 is 14.5 Å². The molecule has 0 radical (unpaired) electrons. The Kier molecular flexibility index (Phi) is 6.27.